The first-order valence-electron chi connectivity index (χ1n) is 10.3. The molecule has 0 radical (unpaired) electrons. The number of rotatable bonds is 4. The molecule has 1 N–H and O–H groups in total. The molecular weight excluding hydrogens is 394 g/mol. The van der Waals surface area contributed by atoms with Gasteiger partial charge >= 0.3 is 6.03 Å². The smallest absolute Gasteiger partial charge is 0.321 e. The van der Waals surface area contributed by atoms with Crippen LogP contribution in [0.25, 0.3) is 0 Å². The van der Waals surface area contributed by atoms with Crippen LogP contribution in [0.4, 0.5) is 15.6 Å². The lowest BCUT2D eigenvalue weighted by Gasteiger charge is -2.22. The number of hydrogen-bond donors (Lipinski definition) is 1. The number of amides is 2. The van der Waals surface area contributed by atoms with Crippen LogP contribution >= 0.6 is 11.5 Å². The Balaban J connectivity index is 1.34. The van der Waals surface area contributed by atoms with Gasteiger partial charge in [0.2, 0.25) is 5.13 Å². The highest BCUT2D eigenvalue weighted by Crippen LogP contribution is 2.21. The number of carbonyl (C=O) groups excluding carboxylic acids is 1. The van der Waals surface area contributed by atoms with E-state index in [1.54, 1.807) is 0 Å². The number of benzene rings is 2. The van der Waals surface area contributed by atoms with E-state index in [4.69, 9.17) is 4.98 Å². The number of hydrogen-bond acceptors (Lipinski definition) is 5. The summed E-state index contributed by atoms with van der Waals surface area (Å²) in [6.07, 6.45) is 1.66. The highest BCUT2D eigenvalue weighted by molar-refractivity contribution is 7.09. The highest BCUT2D eigenvalue weighted by Gasteiger charge is 2.21. The first-order chi connectivity index (χ1) is 14.6. The molecule has 4 rings (SSSR count). The average Bonchev–Trinajstić information content (AvgIpc) is 3.06. The summed E-state index contributed by atoms with van der Waals surface area (Å²) < 4.78 is 4.54. The Hall–Kier alpha value is -2.93. The molecule has 1 saturated heterocycles. The van der Waals surface area contributed by atoms with E-state index in [1.807, 2.05) is 41.3 Å². The maximum absolute atomic E-state index is 12.7. The van der Waals surface area contributed by atoms with Crippen LogP contribution in [-0.2, 0) is 6.42 Å². The van der Waals surface area contributed by atoms with E-state index < -0.39 is 0 Å². The van der Waals surface area contributed by atoms with Crippen molar-refractivity contribution in [2.45, 2.75) is 26.7 Å². The predicted octanol–water partition coefficient (Wildman–Crippen LogP) is 4.49. The van der Waals surface area contributed by atoms with Crippen LogP contribution in [0.1, 0.15) is 28.9 Å². The normalized spacial score (nSPS) is 14.5. The van der Waals surface area contributed by atoms with Gasteiger partial charge in [-0.05, 0) is 49.1 Å². The molecule has 0 unspecified atom stereocenters. The van der Waals surface area contributed by atoms with Gasteiger partial charge in [0.15, 0.2) is 0 Å². The number of anilines is 2. The monoisotopic (exact) mass is 421 g/mol. The van der Waals surface area contributed by atoms with E-state index in [1.165, 1.54) is 28.2 Å². The third-order valence-corrected chi connectivity index (χ3v) is 6.29. The second kappa shape index (κ2) is 9.26. The molecule has 0 spiro atoms. The fraction of sp³-hybridized carbons (Fsp3) is 0.348. The quantitative estimate of drug-likeness (QED) is 0.674. The van der Waals surface area contributed by atoms with E-state index in [0.717, 1.165) is 49.1 Å². The van der Waals surface area contributed by atoms with Gasteiger partial charge in [-0.1, -0.05) is 36.4 Å². The maximum atomic E-state index is 12.7. The van der Waals surface area contributed by atoms with Gasteiger partial charge < -0.3 is 15.1 Å². The van der Waals surface area contributed by atoms with Crippen LogP contribution < -0.4 is 10.2 Å². The first-order valence-corrected chi connectivity index (χ1v) is 11.1. The summed E-state index contributed by atoms with van der Waals surface area (Å²) in [6, 6.07) is 16.3. The second-order valence-electron chi connectivity index (χ2n) is 7.71. The van der Waals surface area contributed by atoms with Gasteiger partial charge in [0, 0.05) is 49.8 Å². The molecule has 1 fully saturated rings. The van der Waals surface area contributed by atoms with Crippen molar-refractivity contribution in [2.75, 3.05) is 36.4 Å². The zero-order valence-corrected chi connectivity index (χ0v) is 18.3. The van der Waals surface area contributed by atoms with E-state index in [9.17, 15) is 4.79 Å². The largest absolute Gasteiger partial charge is 0.345 e. The van der Waals surface area contributed by atoms with Crippen molar-refractivity contribution in [1.29, 1.82) is 0 Å². The molecular formula is C23H27N5OS. The summed E-state index contributed by atoms with van der Waals surface area (Å²) in [5.74, 6) is 0.856. The summed E-state index contributed by atoms with van der Waals surface area (Å²) in [7, 11) is 0. The van der Waals surface area contributed by atoms with Crippen LogP contribution in [0.15, 0.2) is 48.5 Å². The van der Waals surface area contributed by atoms with Crippen molar-refractivity contribution in [3.8, 4) is 0 Å². The fourth-order valence-corrected chi connectivity index (χ4v) is 4.29. The van der Waals surface area contributed by atoms with Gasteiger partial charge in [-0.25, -0.2) is 9.78 Å². The van der Waals surface area contributed by atoms with Gasteiger partial charge in [-0.15, -0.1) is 0 Å². The Morgan fingerprint density at radius 3 is 2.67 bits per heavy atom. The van der Waals surface area contributed by atoms with Crippen LogP contribution in [0.5, 0.6) is 0 Å². The molecule has 0 bridgehead atoms. The van der Waals surface area contributed by atoms with Gasteiger partial charge in [0.25, 0.3) is 0 Å². The highest BCUT2D eigenvalue weighted by atomic mass is 32.1. The van der Waals surface area contributed by atoms with Gasteiger partial charge in [-0.2, -0.15) is 4.37 Å². The summed E-state index contributed by atoms with van der Waals surface area (Å²) in [6.45, 7) is 7.19. The summed E-state index contributed by atoms with van der Waals surface area (Å²) in [5, 5.41) is 3.98. The lowest BCUT2D eigenvalue weighted by Crippen LogP contribution is -2.38. The number of nitrogens with zero attached hydrogens (tertiary/aromatic N) is 4. The predicted molar refractivity (Wildman–Crippen MR) is 122 cm³/mol. The first kappa shape index (κ1) is 20.3. The molecule has 2 amide bonds. The molecule has 0 atom stereocenters. The third kappa shape index (κ3) is 4.97. The van der Waals surface area contributed by atoms with E-state index >= 15 is 0 Å². The summed E-state index contributed by atoms with van der Waals surface area (Å²) in [4.78, 5) is 21.6. The average molecular weight is 422 g/mol. The van der Waals surface area contributed by atoms with Gasteiger partial charge in [0.05, 0.1) is 0 Å². The lowest BCUT2D eigenvalue weighted by atomic mass is 10.1. The Morgan fingerprint density at radius 1 is 1.03 bits per heavy atom. The topological polar surface area (TPSA) is 61.4 Å². The van der Waals surface area contributed by atoms with Crippen molar-refractivity contribution >= 4 is 28.4 Å². The molecule has 30 heavy (non-hydrogen) atoms. The third-order valence-electron chi connectivity index (χ3n) is 5.47. The summed E-state index contributed by atoms with van der Waals surface area (Å²) >= 11 is 1.45. The molecule has 1 aromatic heterocycles. The maximum Gasteiger partial charge on any atom is 0.321 e. The second-order valence-corrected chi connectivity index (χ2v) is 8.44. The van der Waals surface area contributed by atoms with Gasteiger partial charge in [-0.3, -0.25) is 0 Å². The molecule has 2 heterocycles. The van der Waals surface area contributed by atoms with E-state index in [-0.39, 0.29) is 6.03 Å². The van der Waals surface area contributed by atoms with Crippen LogP contribution in [0, 0.1) is 13.8 Å². The molecule has 0 aliphatic carbocycles. The molecule has 2 aromatic carbocycles. The minimum Gasteiger partial charge on any atom is -0.345 e. The van der Waals surface area contributed by atoms with Crippen molar-refractivity contribution in [3.05, 3.63) is 71.0 Å². The summed E-state index contributed by atoms with van der Waals surface area (Å²) in [5.41, 5.74) is 4.46. The van der Waals surface area contributed by atoms with Crippen molar-refractivity contribution < 1.29 is 4.79 Å². The number of aromatic nitrogens is 2. The zero-order valence-electron chi connectivity index (χ0n) is 17.5. The molecule has 1 aliphatic heterocycles. The minimum atomic E-state index is -0.0397. The zero-order chi connectivity index (χ0) is 20.9. The van der Waals surface area contributed by atoms with Crippen LogP contribution in [0.2, 0.25) is 0 Å². The van der Waals surface area contributed by atoms with E-state index in [0.29, 0.717) is 6.54 Å². The molecule has 7 heteroatoms. The SMILES string of the molecule is Cc1ccc(NC(=O)N2CCCN(c3nc(Cc4ccccc4)ns3)CC2)cc1C. The number of aryl methyl sites for hydroxylation is 2. The Labute approximate surface area is 181 Å². The molecule has 0 saturated carbocycles. The number of urea groups is 1. The van der Waals surface area contributed by atoms with Crippen LogP contribution in [-0.4, -0.2) is 46.5 Å². The molecule has 6 nitrogen and oxygen atoms in total. The Kier molecular flexibility index (Phi) is 6.28. The minimum absolute atomic E-state index is 0.0397. The molecule has 1 aliphatic rings. The molecule has 3 aromatic rings. The van der Waals surface area contributed by atoms with Crippen LogP contribution in [0.3, 0.4) is 0 Å². The van der Waals surface area contributed by atoms with Crippen molar-refractivity contribution in [3.63, 3.8) is 0 Å². The fourth-order valence-electron chi connectivity index (χ4n) is 3.56. The Morgan fingerprint density at radius 2 is 1.87 bits per heavy atom. The Bertz CT molecular complexity index is 1000. The molecule has 156 valence electrons. The van der Waals surface area contributed by atoms with E-state index in [2.05, 4.69) is 40.6 Å². The van der Waals surface area contributed by atoms with Gasteiger partial charge in [0.1, 0.15) is 5.82 Å². The number of nitrogens with one attached hydrogen (secondary N) is 1. The standard InChI is InChI=1S/C23H27N5OS/c1-17-9-10-20(15-18(17)2)24-22(29)27-11-6-12-28(14-13-27)23-25-21(26-30-23)16-19-7-4-3-5-8-19/h3-5,7-10,15H,6,11-14,16H2,1-2H3,(H,24,29). The van der Waals surface area contributed by atoms with Crippen molar-refractivity contribution in [1.82, 2.24) is 14.3 Å². The number of carbonyl (C=O) groups is 1. The van der Waals surface area contributed by atoms with Crippen molar-refractivity contribution in [2.24, 2.45) is 0 Å². The lowest BCUT2D eigenvalue weighted by molar-refractivity contribution is 0.215.